The molecule has 1 N–H and O–H groups in total. The van der Waals surface area contributed by atoms with Gasteiger partial charge in [0.1, 0.15) is 0 Å². The van der Waals surface area contributed by atoms with E-state index in [1.54, 1.807) is 0 Å². The largest absolute Gasteiger partial charge is 0.375 e. The van der Waals surface area contributed by atoms with Crippen molar-refractivity contribution in [3.05, 3.63) is 0 Å². The molecule has 116 valence electrons. The van der Waals surface area contributed by atoms with Crippen molar-refractivity contribution in [2.45, 2.75) is 88.9 Å². The summed E-state index contributed by atoms with van der Waals surface area (Å²) in [6, 6.07) is 2.31. The fourth-order valence-electron chi connectivity index (χ4n) is 4.62. The molecule has 3 saturated heterocycles. The maximum absolute atomic E-state index is 6.10. The van der Waals surface area contributed by atoms with Gasteiger partial charge >= 0.3 is 0 Å². The number of rotatable bonds is 4. The topological polar surface area (TPSA) is 24.5 Å². The van der Waals surface area contributed by atoms with E-state index in [4.69, 9.17) is 4.74 Å². The third-order valence-corrected chi connectivity index (χ3v) is 6.07. The quantitative estimate of drug-likeness (QED) is 0.857. The van der Waals surface area contributed by atoms with E-state index in [0.717, 1.165) is 31.5 Å². The average Bonchev–Trinajstić information content (AvgIpc) is 2.95. The molecule has 3 nitrogen and oxygen atoms in total. The van der Waals surface area contributed by atoms with Crippen LogP contribution in [0.25, 0.3) is 0 Å². The predicted molar refractivity (Wildman–Crippen MR) is 83.0 cm³/mol. The Morgan fingerprint density at radius 1 is 1.10 bits per heavy atom. The van der Waals surface area contributed by atoms with Crippen molar-refractivity contribution in [1.82, 2.24) is 10.2 Å². The van der Waals surface area contributed by atoms with Gasteiger partial charge in [0.05, 0.1) is 5.60 Å². The summed E-state index contributed by atoms with van der Waals surface area (Å²) in [6.07, 6.45) is 10.3. The second-order valence-corrected chi connectivity index (χ2v) is 7.15. The van der Waals surface area contributed by atoms with E-state index in [1.807, 2.05) is 0 Å². The molecule has 0 spiro atoms. The first kappa shape index (κ1) is 14.8. The van der Waals surface area contributed by atoms with Gasteiger partial charge in [0.25, 0.3) is 0 Å². The van der Waals surface area contributed by atoms with Crippen LogP contribution in [0.2, 0.25) is 0 Å². The van der Waals surface area contributed by atoms with Gasteiger partial charge in [-0.2, -0.15) is 0 Å². The Labute approximate surface area is 124 Å². The smallest absolute Gasteiger partial charge is 0.0692 e. The van der Waals surface area contributed by atoms with Crippen molar-refractivity contribution in [1.29, 1.82) is 0 Å². The minimum Gasteiger partial charge on any atom is -0.375 e. The van der Waals surface area contributed by atoms with E-state index in [2.05, 4.69) is 24.1 Å². The highest BCUT2D eigenvalue weighted by Gasteiger charge is 2.37. The lowest BCUT2D eigenvalue weighted by atomic mass is 9.85. The van der Waals surface area contributed by atoms with Crippen LogP contribution in [-0.2, 0) is 4.74 Å². The van der Waals surface area contributed by atoms with Gasteiger partial charge in [-0.25, -0.2) is 0 Å². The average molecular weight is 280 g/mol. The normalized spacial score (nSPS) is 37.8. The first-order valence-corrected chi connectivity index (χ1v) is 8.89. The number of hydrogen-bond acceptors (Lipinski definition) is 3. The molecule has 0 aromatic rings. The van der Waals surface area contributed by atoms with Crippen LogP contribution in [0.4, 0.5) is 0 Å². The van der Waals surface area contributed by atoms with Crippen LogP contribution >= 0.6 is 0 Å². The Balaban J connectivity index is 1.52. The van der Waals surface area contributed by atoms with Crippen LogP contribution in [0.3, 0.4) is 0 Å². The van der Waals surface area contributed by atoms with E-state index in [0.29, 0.717) is 6.04 Å². The Kier molecular flexibility index (Phi) is 4.68. The summed E-state index contributed by atoms with van der Waals surface area (Å²) in [7, 11) is 0. The molecule has 0 radical (unpaired) electrons. The minimum absolute atomic E-state index is 0.157. The molecule has 3 aliphatic rings. The SMILES string of the molecule is CCC1(CC)CC(NC2CCN3CCCC3C2)CCO1. The lowest BCUT2D eigenvalue weighted by Gasteiger charge is -2.43. The molecule has 0 amide bonds. The molecule has 3 rings (SSSR count). The maximum atomic E-state index is 6.10. The molecule has 0 saturated carbocycles. The van der Waals surface area contributed by atoms with E-state index >= 15 is 0 Å². The van der Waals surface area contributed by atoms with Gasteiger partial charge in [0, 0.05) is 24.7 Å². The molecule has 3 heteroatoms. The van der Waals surface area contributed by atoms with E-state index in [-0.39, 0.29) is 5.60 Å². The second-order valence-electron chi connectivity index (χ2n) is 7.15. The van der Waals surface area contributed by atoms with Gasteiger partial charge in [0.15, 0.2) is 0 Å². The van der Waals surface area contributed by atoms with Crippen molar-refractivity contribution >= 4 is 0 Å². The van der Waals surface area contributed by atoms with E-state index in [9.17, 15) is 0 Å². The Hall–Kier alpha value is -0.120. The molecule has 0 bridgehead atoms. The third kappa shape index (κ3) is 3.05. The number of fused-ring (bicyclic) bond motifs is 1. The van der Waals surface area contributed by atoms with Gasteiger partial charge in [-0.15, -0.1) is 0 Å². The van der Waals surface area contributed by atoms with Gasteiger partial charge in [-0.05, 0) is 64.5 Å². The molecular weight excluding hydrogens is 248 g/mol. The maximum Gasteiger partial charge on any atom is 0.0692 e. The highest BCUT2D eigenvalue weighted by molar-refractivity contribution is 4.93. The molecule has 3 heterocycles. The Bertz CT molecular complexity index is 316. The molecule has 3 aliphatic heterocycles. The monoisotopic (exact) mass is 280 g/mol. The molecular formula is C17H32N2O. The van der Waals surface area contributed by atoms with Crippen LogP contribution in [0.15, 0.2) is 0 Å². The third-order valence-electron chi connectivity index (χ3n) is 6.07. The summed E-state index contributed by atoms with van der Waals surface area (Å²) in [5, 5.41) is 3.99. The summed E-state index contributed by atoms with van der Waals surface area (Å²) in [5.74, 6) is 0. The number of piperidine rings is 1. The number of nitrogens with one attached hydrogen (secondary N) is 1. The fraction of sp³-hybridized carbons (Fsp3) is 1.00. The summed E-state index contributed by atoms with van der Waals surface area (Å²) >= 11 is 0. The summed E-state index contributed by atoms with van der Waals surface area (Å²) in [6.45, 7) is 8.18. The lowest BCUT2D eigenvalue weighted by Crippen LogP contribution is -2.53. The van der Waals surface area contributed by atoms with Gasteiger partial charge in [-0.3, -0.25) is 0 Å². The number of hydrogen-bond donors (Lipinski definition) is 1. The van der Waals surface area contributed by atoms with Crippen LogP contribution in [0.1, 0.15) is 65.2 Å². The molecule has 3 fully saturated rings. The van der Waals surface area contributed by atoms with Gasteiger partial charge in [-0.1, -0.05) is 13.8 Å². The van der Waals surface area contributed by atoms with E-state index < -0.39 is 0 Å². The standard InChI is InChI=1S/C17H32N2O/c1-3-17(4-2)13-15(8-11-20-17)18-14-7-10-19-9-5-6-16(19)12-14/h14-16,18H,3-13H2,1-2H3. The molecule has 0 aliphatic carbocycles. The summed E-state index contributed by atoms with van der Waals surface area (Å²) < 4.78 is 6.10. The zero-order valence-electron chi connectivity index (χ0n) is 13.4. The summed E-state index contributed by atoms with van der Waals surface area (Å²) in [5.41, 5.74) is 0.157. The molecule has 3 unspecified atom stereocenters. The first-order valence-electron chi connectivity index (χ1n) is 8.89. The van der Waals surface area contributed by atoms with Crippen molar-refractivity contribution in [2.24, 2.45) is 0 Å². The van der Waals surface area contributed by atoms with Crippen LogP contribution < -0.4 is 5.32 Å². The summed E-state index contributed by atoms with van der Waals surface area (Å²) in [4.78, 5) is 2.71. The zero-order chi connectivity index (χ0) is 14.0. The minimum atomic E-state index is 0.157. The Morgan fingerprint density at radius 2 is 1.95 bits per heavy atom. The van der Waals surface area contributed by atoms with Crippen molar-refractivity contribution < 1.29 is 4.74 Å². The zero-order valence-corrected chi connectivity index (χ0v) is 13.4. The van der Waals surface area contributed by atoms with Crippen molar-refractivity contribution in [3.8, 4) is 0 Å². The van der Waals surface area contributed by atoms with Gasteiger partial charge in [0.2, 0.25) is 0 Å². The van der Waals surface area contributed by atoms with Crippen LogP contribution in [-0.4, -0.2) is 48.3 Å². The first-order chi connectivity index (χ1) is 9.74. The highest BCUT2D eigenvalue weighted by atomic mass is 16.5. The number of ether oxygens (including phenoxy) is 1. The van der Waals surface area contributed by atoms with Crippen LogP contribution in [0.5, 0.6) is 0 Å². The van der Waals surface area contributed by atoms with Crippen LogP contribution in [0, 0.1) is 0 Å². The second kappa shape index (κ2) is 6.33. The molecule has 0 aromatic heterocycles. The number of nitrogens with zero attached hydrogens (tertiary/aromatic N) is 1. The van der Waals surface area contributed by atoms with E-state index in [1.165, 1.54) is 51.6 Å². The van der Waals surface area contributed by atoms with Crippen molar-refractivity contribution in [3.63, 3.8) is 0 Å². The molecule has 3 atom stereocenters. The molecule has 20 heavy (non-hydrogen) atoms. The van der Waals surface area contributed by atoms with Crippen molar-refractivity contribution in [2.75, 3.05) is 19.7 Å². The predicted octanol–water partition coefficient (Wildman–Crippen LogP) is 2.94. The fourth-order valence-corrected chi connectivity index (χ4v) is 4.62. The van der Waals surface area contributed by atoms with Gasteiger partial charge < -0.3 is 15.0 Å². The Morgan fingerprint density at radius 3 is 2.75 bits per heavy atom. The lowest BCUT2D eigenvalue weighted by molar-refractivity contribution is -0.0948. The highest BCUT2D eigenvalue weighted by Crippen LogP contribution is 2.33. The molecule has 0 aromatic carbocycles.